The molecule has 1 fully saturated rings. The molecular weight excluding hydrogens is 279 g/mol. The van der Waals surface area contributed by atoms with Crippen LogP contribution in [-0.2, 0) is 0 Å². The van der Waals surface area contributed by atoms with Crippen LogP contribution in [-0.4, -0.2) is 38.2 Å². The van der Waals surface area contributed by atoms with E-state index in [-0.39, 0.29) is 24.3 Å². The van der Waals surface area contributed by atoms with E-state index in [4.69, 9.17) is 4.74 Å². The number of methoxy groups -OCH3 is 1. The maximum absolute atomic E-state index is 13.8. The van der Waals surface area contributed by atoms with Crippen molar-refractivity contribution in [1.82, 2.24) is 10.2 Å². The van der Waals surface area contributed by atoms with Crippen LogP contribution in [0, 0.1) is 5.82 Å². The number of benzene rings is 1. The molecule has 5 heteroatoms. The summed E-state index contributed by atoms with van der Waals surface area (Å²) in [5.41, 5.74) is 0.986. The zero-order valence-electron chi connectivity index (χ0n) is 11.8. The largest absolute Gasteiger partial charge is 0.494 e. The third kappa shape index (κ3) is 3.95. The molecule has 0 aromatic heterocycles. The summed E-state index contributed by atoms with van der Waals surface area (Å²) >= 11 is 0. The molecule has 1 N–H and O–H groups in total. The zero-order valence-corrected chi connectivity index (χ0v) is 12.6. The third-order valence-electron chi connectivity index (χ3n) is 3.54. The quantitative estimate of drug-likeness (QED) is 0.846. The fourth-order valence-electron chi connectivity index (χ4n) is 2.54. The summed E-state index contributed by atoms with van der Waals surface area (Å²) in [5, 5.41) is 3.33. The van der Waals surface area contributed by atoms with Crippen LogP contribution < -0.4 is 10.1 Å². The van der Waals surface area contributed by atoms with E-state index >= 15 is 0 Å². The van der Waals surface area contributed by atoms with Gasteiger partial charge in [0.25, 0.3) is 0 Å². The fourth-order valence-corrected chi connectivity index (χ4v) is 2.54. The average Bonchev–Trinajstić information content (AvgIpc) is 2.45. The van der Waals surface area contributed by atoms with Gasteiger partial charge in [-0.3, -0.25) is 4.90 Å². The van der Waals surface area contributed by atoms with Crippen molar-refractivity contribution in [3.8, 4) is 5.75 Å². The molecule has 3 nitrogen and oxygen atoms in total. The molecule has 1 saturated heterocycles. The summed E-state index contributed by atoms with van der Waals surface area (Å²) in [4.78, 5) is 2.37. The number of hydrogen-bond donors (Lipinski definition) is 1. The minimum atomic E-state index is -0.302. The number of rotatable bonds is 5. The van der Waals surface area contributed by atoms with Gasteiger partial charge >= 0.3 is 0 Å². The lowest BCUT2D eigenvalue weighted by Crippen LogP contribution is -2.45. The Hall–Kier alpha value is -1.10. The Balaban J connectivity index is 0.00000200. The van der Waals surface area contributed by atoms with E-state index in [1.807, 2.05) is 12.1 Å². The lowest BCUT2D eigenvalue weighted by atomic mass is 10.0. The Morgan fingerprint density at radius 1 is 1.45 bits per heavy atom. The van der Waals surface area contributed by atoms with Crippen LogP contribution in [0.25, 0.3) is 0 Å². The Bertz CT molecular complexity index is 436. The Kier molecular flexibility index (Phi) is 6.99. The molecule has 1 heterocycles. The summed E-state index contributed by atoms with van der Waals surface area (Å²) in [6, 6.07) is 5.41. The topological polar surface area (TPSA) is 24.5 Å². The van der Waals surface area contributed by atoms with Gasteiger partial charge in [0.15, 0.2) is 11.6 Å². The second-order valence-electron chi connectivity index (χ2n) is 4.72. The van der Waals surface area contributed by atoms with Crippen LogP contribution >= 0.6 is 12.4 Å². The van der Waals surface area contributed by atoms with Crippen LogP contribution in [0.3, 0.4) is 0 Å². The highest BCUT2D eigenvalue weighted by atomic mass is 35.5. The smallest absolute Gasteiger partial charge is 0.165 e. The summed E-state index contributed by atoms with van der Waals surface area (Å²) in [6.45, 7) is 7.73. The molecule has 0 radical (unpaired) electrons. The zero-order chi connectivity index (χ0) is 13.7. The van der Waals surface area contributed by atoms with Gasteiger partial charge in [-0.1, -0.05) is 12.1 Å². The second-order valence-corrected chi connectivity index (χ2v) is 4.72. The lowest BCUT2D eigenvalue weighted by Gasteiger charge is -2.34. The van der Waals surface area contributed by atoms with Crippen molar-refractivity contribution >= 4 is 12.4 Å². The molecule has 1 aliphatic rings. The molecular formula is C15H22ClFN2O. The second kappa shape index (κ2) is 8.25. The average molecular weight is 301 g/mol. The standard InChI is InChI=1S/C15H21FN2O.ClH/c1-3-4-14(18-9-7-17-8-10-18)12-5-6-15(19-2)13(16)11-12;/h3,5-6,11,14,17H,1,4,7-10H2,2H3;1H/t14-;/m1./s1. The van der Waals surface area contributed by atoms with Crippen LogP contribution in [0.2, 0.25) is 0 Å². The highest BCUT2D eigenvalue weighted by Crippen LogP contribution is 2.28. The van der Waals surface area contributed by atoms with Gasteiger partial charge in [-0.15, -0.1) is 19.0 Å². The van der Waals surface area contributed by atoms with Gasteiger partial charge in [-0.05, 0) is 24.1 Å². The predicted molar refractivity (Wildman–Crippen MR) is 82.2 cm³/mol. The summed E-state index contributed by atoms with van der Waals surface area (Å²) in [5.74, 6) is -0.00869. The normalized spacial score (nSPS) is 17.1. The van der Waals surface area contributed by atoms with Gasteiger partial charge in [-0.2, -0.15) is 0 Å². The number of piperazine rings is 1. The number of nitrogens with zero attached hydrogens (tertiary/aromatic N) is 1. The molecule has 20 heavy (non-hydrogen) atoms. The molecule has 1 aromatic carbocycles. The van der Waals surface area contributed by atoms with Gasteiger partial charge in [0.2, 0.25) is 0 Å². The van der Waals surface area contributed by atoms with Crippen LogP contribution in [0.5, 0.6) is 5.75 Å². The molecule has 0 spiro atoms. The fraction of sp³-hybridized carbons (Fsp3) is 0.467. The first-order chi connectivity index (χ1) is 9.26. The van der Waals surface area contributed by atoms with E-state index in [0.29, 0.717) is 5.75 Å². The Morgan fingerprint density at radius 3 is 2.70 bits per heavy atom. The lowest BCUT2D eigenvalue weighted by molar-refractivity contribution is 0.174. The maximum Gasteiger partial charge on any atom is 0.165 e. The summed E-state index contributed by atoms with van der Waals surface area (Å²) < 4.78 is 18.8. The SMILES string of the molecule is C=CC[C@H](c1ccc(OC)c(F)c1)N1CCNCC1.Cl. The van der Waals surface area contributed by atoms with E-state index in [1.54, 1.807) is 12.1 Å². The Morgan fingerprint density at radius 2 is 2.15 bits per heavy atom. The van der Waals surface area contributed by atoms with Gasteiger partial charge < -0.3 is 10.1 Å². The maximum atomic E-state index is 13.8. The number of hydrogen-bond acceptors (Lipinski definition) is 3. The molecule has 112 valence electrons. The van der Waals surface area contributed by atoms with Crippen molar-refractivity contribution in [2.75, 3.05) is 33.3 Å². The number of ether oxygens (including phenoxy) is 1. The molecule has 0 saturated carbocycles. The van der Waals surface area contributed by atoms with E-state index in [9.17, 15) is 4.39 Å². The highest BCUT2D eigenvalue weighted by molar-refractivity contribution is 5.85. The number of nitrogens with one attached hydrogen (secondary N) is 1. The summed E-state index contributed by atoms with van der Waals surface area (Å²) in [6.07, 6.45) is 2.72. The van der Waals surface area contributed by atoms with Gasteiger partial charge in [0.1, 0.15) is 0 Å². The van der Waals surface area contributed by atoms with Crippen molar-refractivity contribution in [3.63, 3.8) is 0 Å². The Labute approximate surface area is 126 Å². The third-order valence-corrected chi connectivity index (χ3v) is 3.54. The molecule has 0 bridgehead atoms. The molecule has 2 rings (SSSR count). The van der Waals surface area contributed by atoms with Crippen LogP contribution in [0.1, 0.15) is 18.0 Å². The number of halogens is 2. The molecule has 0 unspecified atom stereocenters. The monoisotopic (exact) mass is 300 g/mol. The van der Waals surface area contributed by atoms with Crippen molar-refractivity contribution < 1.29 is 9.13 Å². The van der Waals surface area contributed by atoms with Gasteiger partial charge in [-0.25, -0.2) is 4.39 Å². The van der Waals surface area contributed by atoms with E-state index < -0.39 is 0 Å². The molecule has 0 aliphatic carbocycles. The molecule has 1 aromatic rings. The minimum Gasteiger partial charge on any atom is -0.494 e. The van der Waals surface area contributed by atoms with E-state index in [2.05, 4.69) is 16.8 Å². The first-order valence-corrected chi connectivity index (χ1v) is 6.65. The minimum absolute atomic E-state index is 0. The first kappa shape index (κ1) is 17.0. The first-order valence-electron chi connectivity index (χ1n) is 6.65. The predicted octanol–water partition coefficient (Wildman–Crippen LogP) is 2.78. The van der Waals surface area contributed by atoms with Crippen molar-refractivity contribution in [3.05, 3.63) is 42.2 Å². The van der Waals surface area contributed by atoms with Crippen molar-refractivity contribution in [2.24, 2.45) is 0 Å². The molecule has 1 atom stereocenters. The van der Waals surface area contributed by atoms with Crippen molar-refractivity contribution in [2.45, 2.75) is 12.5 Å². The van der Waals surface area contributed by atoms with Gasteiger partial charge in [0, 0.05) is 32.2 Å². The van der Waals surface area contributed by atoms with Crippen molar-refractivity contribution in [1.29, 1.82) is 0 Å². The molecule has 1 aliphatic heterocycles. The van der Waals surface area contributed by atoms with E-state index in [1.165, 1.54) is 7.11 Å². The van der Waals surface area contributed by atoms with Crippen LogP contribution in [0.15, 0.2) is 30.9 Å². The van der Waals surface area contributed by atoms with E-state index in [0.717, 1.165) is 38.2 Å². The highest BCUT2D eigenvalue weighted by Gasteiger charge is 2.21. The summed E-state index contributed by atoms with van der Waals surface area (Å²) in [7, 11) is 1.48. The van der Waals surface area contributed by atoms with Crippen LogP contribution in [0.4, 0.5) is 4.39 Å². The molecule has 0 amide bonds. The van der Waals surface area contributed by atoms with Gasteiger partial charge in [0.05, 0.1) is 7.11 Å².